The number of benzene rings is 3. The number of amides is 2. The molecule has 0 bridgehead atoms. The zero-order chi connectivity index (χ0) is 24.9. The largest absolute Gasteiger partial charge is 0.494 e. The summed E-state index contributed by atoms with van der Waals surface area (Å²) in [7, 11) is 0. The molecule has 0 saturated heterocycles. The predicted molar refractivity (Wildman–Crippen MR) is 140 cm³/mol. The van der Waals surface area contributed by atoms with Gasteiger partial charge < -0.3 is 15.0 Å². The fraction of sp³-hybridized carbons (Fsp3) is 0.310. The Hall–Kier alpha value is -3.31. The van der Waals surface area contributed by atoms with Crippen molar-refractivity contribution in [1.29, 1.82) is 0 Å². The molecule has 0 saturated carbocycles. The van der Waals surface area contributed by atoms with Crippen molar-refractivity contribution in [3.8, 4) is 5.75 Å². The van der Waals surface area contributed by atoms with Crippen LogP contribution in [0, 0.1) is 0 Å². The number of rotatable bonds is 13. The second-order valence-corrected chi connectivity index (χ2v) is 8.78. The Labute approximate surface area is 213 Å². The third-order valence-corrected chi connectivity index (χ3v) is 6.03. The van der Waals surface area contributed by atoms with E-state index in [0.717, 1.165) is 23.3 Å². The molecule has 35 heavy (non-hydrogen) atoms. The molecular weight excluding hydrogens is 460 g/mol. The van der Waals surface area contributed by atoms with Crippen molar-refractivity contribution in [3.63, 3.8) is 0 Å². The average Bonchev–Trinajstić information content (AvgIpc) is 2.89. The molecule has 0 radical (unpaired) electrons. The summed E-state index contributed by atoms with van der Waals surface area (Å²) in [5, 5.41) is 3.56. The molecule has 0 fully saturated rings. The zero-order valence-corrected chi connectivity index (χ0v) is 20.9. The summed E-state index contributed by atoms with van der Waals surface area (Å²) < 4.78 is 5.76. The molecular formula is C29H33ClN2O3. The first-order valence-electron chi connectivity index (χ1n) is 12.1. The van der Waals surface area contributed by atoms with Crippen LogP contribution in [0.5, 0.6) is 5.75 Å². The maximum Gasteiger partial charge on any atom is 0.243 e. The van der Waals surface area contributed by atoms with E-state index in [2.05, 4.69) is 5.32 Å². The molecule has 0 heterocycles. The highest BCUT2D eigenvalue weighted by Crippen LogP contribution is 2.21. The van der Waals surface area contributed by atoms with Crippen LogP contribution in [0.25, 0.3) is 0 Å². The molecule has 184 valence electrons. The number of halogens is 1. The predicted octanol–water partition coefficient (Wildman–Crippen LogP) is 5.67. The van der Waals surface area contributed by atoms with E-state index in [4.69, 9.17) is 16.3 Å². The van der Waals surface area contributed by atoms with Gasteiger partial charge in [0.25, 0.3) is 0 Å². The van der Waals surface area contributed by atoms with E-state index in [1.807, 2.05) is 85.8 Å². The molecule has 5 nitrogen and oxygen atoms in total. The number of para-hydroxylation sites is 1. The first kappa shape index (κ1) is 26.3. The number of hydrogen-bond acceptors (Lipinski definition) is 3. The lowest BCUT2D eigenvalue weighted by molar-refractivity contribution is -0.141. The van der Waals surface area contributed by atoms with Gasteiger partial charge in [-0.2, -0.15) is 0 Å². The number of nitrogens with one attached hydrogen (secondary N) is 1. The molecule has 2 amide bonds. The maximum absolute atomic E-state index is 13.5. The van der Waals surface area contributed by atoms with Crippen LogP contribution in [0.3, 0.4) is 0 Å². The van der Waals surface area contributed by atoms with E-state index in [0.29, 0.717) is 31.0 Å². The molecule has 6 heteroatoms. The molecule has 1 atom stereocenters. The first-order chi connectivity index (χ1) is 17.1. The van der Waals surface area contributed by atoms with Crippen LogP contribution >= 0.6 is 11.6 Å². The molecule has 3 aromatic carbocycles. The highest BCUT2D eigenvalue weighted by Gasteiger charge is 2.30. The van der Waals surface area contributed by atoms with Gasteiger partial charge in [0.2, 0.25) is 11.8 Å². The van der Waals surface area contributed by atoms with Gasteiger partial charge in [0.05, 0.1) is 6.61 Å². The molecule has 3 aromatic rings. The smallest absolute Gasteiger partial charge is 0.243 e. The van der Waals surface area contributed by atoms with Crippen molar-refractivity contribution >= 4 is 23.4 Å². The molecule has 3 rings (SSSR count). The van der Waals surface area contributed by atoms with Gasteiger partial charge in [-0.1, -0.05) is 85.3 Å². The van der Waals surface area contributed by atoms with Crippen LogP contribution in [-0.4, -0.2) is 35.9 Å². The maximum atomic E-state index is 13.5. The summed E-state index contributed by atoms with van der Waals surface area (Å²) in [5.41, 5.74) is 1.80. The fourth-order valence-corrected chi connectivity index (χ4v) is 4.00. The second kappa shape index (κ2) is 14.2. The Morgan fingerprint density at radius 2 is 1.60 bits per heavy atom. The van der Waals surface area contributed by atoms with Crippen LogP contribution in [-0.2, 0) is 22.6 Å². The van der Waals surface area contributed by atoms with Gasteiger partial charge in [-0.25, -0.2) is 0 Å². The van der Waals surface area contributed by atoms with E-state index >= 15 is 0 Å². The second-order valence-electron chi connectivity index (χ2n) is 8.37. The fourth-order valence-electron chi connectivity index (χ4n) is 3.80. The van der Waals surface area contributed by atoms with Crippen molar-refractivity contribution in [2.45, 2.75) is 45.2 Å². The molecule has 0 unspecified atom stereocenters. The summed E-state index contributed by atoms with van der Waals surface area (Å²) in [6, 6.07) is 26.1. The molecule has 0 spiro atoms. The van der Waals surface area contributed by atoms with Gasteiger partial charge in [0.1, 0.15) is 11.8 Å². The summed E-state index contributed by atoms with van der Waals surface area (Å²) >= 11 is 6.44. The standard InChI is InChI=1S/C29H33ClN2O3/c1-2-19-31-29(34)27(21-23-12-5-3-6-13-23)32(22-24-14-9-10-17-26(24)30)28(33)18-11-20-35-25-15-7-4-8-16-25/h3-10,12-17,27H,2,11,18-22H2,1H3,(H,31,34)/t27-/m1/s1. The highest BCUT2D eigenvalue weighted by molar-refractivity contribution is 6.31. The van der Waals surface area contributed by atoms with Gasteiger partial charge >= 0.3 is 0 Å². The number of hydrogen-bond donors (Lipinski definition) is 1. The van der Waals surface area contributed by atoms with E-state index in [9.17, 15) is 9.59 Å². The van der Waals surface area contributed by atoms with Crippen LogP contribution in [0.1, 0.15) is 37.3 Å². The quantitative estimate of drug-likeness (QED) is 0.313. The van der Waals surface area contributed by atoms with E-state index in [-0.39, 0.29) is 24.8 Å². The van der Waals surface area contributed by atoms with Gasteiger partial charge in [-0.3, -0.25) is 9.59 Å². The van der Waals surface area contributed by atoms with Crippen molar-refractivity contribution < 1.29 is 14.3 Å². The molecule has 0 aromatic heterocycles. The Bertz CT molecular complexity index is 1060. The van der Waals surface area contributed by atoms with Crippen LogP contribution in [0.15, 0.2) is 84.9 Å². The molecule has 1 N–H and O–H groups in total. The number of carbonyl (C=O) groups excluding carboxylic acids is 2. The summed E-state index contributed by atoms with van der Waals surface area (Å²) in [6.07, 6.45) is 2.05. The lowest BCUT2D eigenvalue weighted by Crippen LogP contribution is -2.50. The van der Waals surface area contributed by atoms with Crippen LogP contribution in [0.4, 0.5) is 0 Å². The Morgan fingerprint density at radius 3 is 2.29 bits per heavy atom. The first-order valence-corrected chi connectivity index (χ1v) is 12.5. The number of ether oxygens (including phenoxy) is 1. The Morgan fingerprint density at radius 1 is 0.943 bits per heavy atom. The van der Waals surface area contributed by atoms with Crippen LogP contribution < -0.4 is 10.1 Å². The minimum atomic E-state index is -0.650. The summed E-state index contributed by atoms with van der Waals surface area (Å²) in [5.74, 6) is 0.513. The van der Waals surface area contributed by atoms with Gasteiger partial charge in [-0.15, -0.1) is 0 Å². The number of carbonyl (C=O) groups is 2. The normalized spacial score (nSPS) is 11.5. The molecule has 0 aliphatic heterocycles. The van der Waals surface area contributed by atoms with Crippen molar-refractivity contribution in [1.82, 2.24) is 10.2 Å². The van der Waals surface area contributed by atoms with E-state index in [1.165, 1.54) is 0 Å². The minimum Gasteiger partial charge on any atom is -0.494 e. The SMILES string of the molecule is CCCNC(=O)[C@@H](Cc1ccccc1)N(Cc1ccccc1Cl)C(=O)CCCOc1ccccc1. The van der Waals surface area contributed by atoms with Crippen molar-refractivity contribution in [3.05, 3.63) is 101 Å². The van der Waals surface area contributed by atoms with E-state index < -0.39 is 6.04 Å². The van der Waals surface area contributed by atoms with Crippen LogP contribution in [0.2, 0.25) is 5.02 Å². The highest BCUT2D eigenvalue weighted by atomic mass is 35.5. The zero-order valence-electron chi connectivity index (χ0n) is 20.2. The van der Waals surface area contributed by atoms with Crippen molar-refractivity contribution in [2.75, 3.05) is 13.2 Å². The number of nitrogens with zero attached hydrogens (tertiary/aromatic N) is 1. The Balaban J connectivity index is 1.79. The lowest BCUT2D eigenvalue weighted by atomic mass is 10.0. The van der Waals surface area contributed by atoms with Gasteiger partial charge in [-0.05, 0) is 42.2 Å². The topological polar surface area (TPSA) is 58.6 Å². The summed E-state index contributed by atoms with van der Waals surface area (Å²) in [6.45, 7) is 3.24. The third-order valence-electron chi connectivity index (χ3n) is 5.67. The average molecular weight is 493 g/mol. The van der Waals surface area contributed by atoms with Gasteiger partial charge in [0.15, 0.2) is 0 Å². The van der Waals surface area contributed by atoms with Crippen molar-refractivity contribution in [2.24, 2.45) is 0 Å². The lowest BCUT2D eigenvalue weighted by Gasteiger charge is -2.32. The minimum absolute atomic E-state index is 0.103. The third kappa shape index (κ3) is 8.45. The molecule has 0 aliphatic carbocycles. The van der Waals surface area contributed by atoms with Gasteiger partial charge in [0, 0.05) is 31.0 Å². The molecule has 0 aliphatic rings. The van der Waals surface area contributed by atoms with E-state index in [1.54, 1.807) is 11.0 Å². The monoisotopic (exact) mass is 492 g/mol. The Kier molecular flexibility index (Phi) is 10.6. The summed E-state index contributed by atoms with van der Waals surface area (Å²) in [4.78, 5) is 28.5.